The second kappa shape index (κ2) is 6.21. The van der Waals surface area contributed by atoms with Crippen LogP contribution in [0.3, 0.4) is 0 Å². The van der Waals surface area contributed by atoms with Gasteiger partial charge < -0.3 is 15.3 Å². The highest BCUT2D eigenvalue weighted by molar-refractivity contribution is 7.89. The summed E-state index contributed by atoms with van der Waals surface area (Å²) in [5.41, 5.74) is 0.708. The van der Waals surface area contributed by atoms with Crippen molar-refractivity contribution in [1.82, 2.24) is 20.0 Å². The predicted molar refractivity (Wildman–Crippen MR) is 77.3 cm³/mol. The quantitative estimate of drug-likeness (QED) is 0.545. The van der Waals surface area contributed by atoms with E-state index in [0.717, 1.165) is 19.5 Å². The van der Waals surface area contributed by atoms with Gasteiger partial charge in [-0.2, -0.15) is 0 Å². The molecule has 0 saturated carbocycles. The standard InChI is InChI=1S/C12H18N4O3S/c1-2-13-6-3-7-14-20(18,19)9-4-5-10-11(8-9)16-12(17)15-10/h4-5,8,13-14H,2-3,6-7H2,1H3,(H2,15,16,17). The largest absolute Gasteiger partial charge is 0.323 e. The number of sulfonamides is 1. The molecule has 2 aromatic rings. The van der Waals surface area contributed by atoms with E-state index in [9.17, 15) is 13.2 Å². The number of fused-ring (bicyclic) bond motifs is 1. The normalized spacial score (nSPS) is 12.1. The van der Waals surface area contributed by atoms with Crippen molar-refractivity contribution >= 4 is 21.1 Å². The lowest BCUT2D eigenvalue weighted by atomic mass is 10.3. The Morgan fingerprint density at radius 1 is 1.15 bits per heavy atom. The maximum absolute atomic E-state index is 12.1. The first kappa shape index (κ1) is 14.8. The molecule has 0 bridgehead atoms. The fourth-order valence-electron chi connectivity index (χ4n) is 1.86. The minimum absolute atomic E-state index is 0.142. The van der Waals surface area contributed by atoms with Gasteiger partial charge in [-0.05, 0) is 37.7 Å². The van der Waals surface area contributed by atoms with E-state index in [4.69, 9.17) is 0 Å². The molecule has 0 saturated heterocycles. The minimum atomic E-state index is -3.54. The summed E-state index contributed by atoms with van der Waals surface area (Å²) < 4.78 is 26.7. The molecule has 7 nitrogen and oxygen atoms in total. The Morgan fingerprint density at radius 3 is 2.65 bits per heavy atom. The summed E-state index contributed by atoms with van der Waals surface area (Å²) in [5, 5.41) is 3.12. The summed E-state index contributed by atoms with van der Waals surface area (Å²) in [6.45, 7) is 4.00. The second-order valence-electron chi connectivity index (χ2n) is 4.39. The van der Waals surface area contributed by atoms with Crippen LogP contribution in [0, 0.1) is 0 Å². The Labute approximate surface area is 116 Å². The molecule has 0 unspecified atom stereocenters. The molecule has 0 amide bonds. The minimum Gasteiger partial charge on any atom is -0.317 e. The molecule has 0 atom stereocenters. The van der Waals surface area contributed by atoms with Crippen LogP contribution < -0.4 is 15.7 Å². The van der Waals surface area contributed by atoms with Gasteiger partial charge in [0.2, 0.25) is 10.0 Å². The summed E-state index contributed by atoms with van der Waals surface area (Å²) in [6, 6.07) is 4.49. The van der Waals surface area contributed by atoms with Gasteiger partial charge in [0.15, 0.2) is 0 Å². The lowest BCUT2D eigenvalue weighted by Crippen LogP contribution is -2.27. The monoisotopic (exact) mass is 298 g/mol. The van der Waals surface area contributed by atoms with Crippen LogP contribution in [-0.2, 0) is 10.0 Å². The molecule has 8 heteroatoms. The van der Waals surface area contributed by atoms with Crippen LogP contribution in [0.25, 0.3) is 11.0 Å². The van der Waals surface area contributed by atoms with Crippen LogP contribution in [0.5, 0.6) is 0 Å². The van der Waals surface area contributed by atoms with E-state index < -0.39 is 10.0 Å². The molecule has 1 aromatic heterocycles. The van der Waals surface area contributed by atoms with Gasteiger partial charge >= 0.3 is 5.69 Å². The highest BCUT2D eigenvalue weighted by atomic mass is 32.2. The molecule has 4 N–H and O–H groups in total. The van der Waals surface area contributed by atoms with Crippen LogP contribution >= 0.6 is 0 Å². The van der Waals surface area contributed by atoms with Crippen molar-refractivity contribution < 1.29 is 8.42 Å². The molecule has 20 heavy (non-hydrogen) atoms. The first-order chi connectivity index (χ1) is 9.53. The SMILES string of the molecule is CCNCCCNS(=O)(=O)c1ccc2[nH]c(=O)[nH]c2c1. The third-order valence-corrected chi connectivity index (χ3v) is 4.33. The van der Waals surface area contributed by atoms with E-state index in [1.54, 1.807) is 6.07 Å². The second-order valence-corrected chi connectivity index (χ2v) is 6.16. The van der Waals surface area contributed by atoms with Crippen LogP contribution in [0.1, 0.15) is 13.3 Å². The number of aromatic nitrogens is 2. The van der Waals surface area contributed by atoms with Crippen LogP contribution in [0.2, 0.25) is 0 Å². The maximum Gasteiger partial charge on any atom is 0.323 e. The molecule has 0 spiro atoms. The van der Waals surface area contributed by atoms with Crippen molar-refractivity contribution in [3.05, 3.63) is 28.7 Å². The van der Waals surface area contributed by atoms with E-state index in [2.05, 4.69) is 20.0 Å². The summed E-state index contributed by atoms with van der Waals surface area (Å²) in [7, 11) is -3.54. The molecule has 0 aliphatic rings. The number of hydrogen-bond donors (Lipinski definition) is 4. The number of hydrogen-bond acceptors (Lipinski definition) is 4. The molecule has 2 rings (SSSR count). The van der Waals surface area contributed by atoms with Gasteiger partial charge in [-0.25, -0.2) is 17.9 Å². The van der Waals surface area contributed by atoms with Gasteiger partial charge in [-0.3, -0.25) is 0 Å². The topological polar surface area (TPSA) is 107 Å². The van der Waals surface area contributed by atoms with Gasteiger partial charge in [-0.15, -0.1) is 0 Å². The smallest absolute Gasteiger partial charge is 0.317 e. The van der Waals surface area contributed by atoms with E-state index in [-0.39, 0.29) is 10.6 Å². The zero-order valence-corrected chi connectivity index (χ0v) is 12.0. The van der Waals surface area contributed by atoms with Crippen molar-refractivity contribution in [3.8, 4) is 0 Å². The lowest BCUT2D eigenvalue weighted by Gasteiger charge is -2.07. The number of rotatable bonds is 7. The van der Waals surface area contributed by atoms with Gasteiger partial charge in [0.25, 0.3) is 0 Å². The van der Waals surface area contributed by atoms with Crippen molar-refractivity contribution in [2.75, 3.05) is 19.6 Å². The average molecular weight is 298 g/mol. The maximum atomic E-state index is 12.1. The molecule has 0 fully saturated rings. The Hall–Kier alpha value is -1.64. The van der Waals surface area contributed by atoms with Gasteiger partial charge in [-0.1, -0.05) is 6.92 Å². The average Bonchev–Trinajstić information content (AvgIpc) is 2.77. The molecule has 0 aliphatic heterocycles. The fraction of sp³-hybridized carbons (Fsp3) is 0.417. The third kappa shape index (κ3) is 3.47. The van der Waals surface area contributed by atoms with Crippen LogP contribution in [-0.4, -0.2) is 38.0 Å². The highest BCUT2D eigenvalue weighted by Gasteiger charge is 2.14. The molecule has 1 aromatic carbocycles. The number of nitrogens with one attached hydrogen (secondary N) is 4. The van der Waals surface area contributed by atoms with Crippen LogP contribution in [0.4, 0.5) is 0 Å². The summed E-state index contributed by atoms with van der Waals surface area (Å²) in [4.78, 5) is 16.4. The zero-order valence-electron chi connectivity index (χ0n) is 11.2. The van der Waals surface area contributed by atoms with Crippen molar-refractivity contribution in [3.63, 3.8) is 0 Å². The van der Waals surface area contributed by atoms with Crippen molar-refractivity contribution in [2.24, 2.45) is 0 Å². The predicted octanol–water partition coefficient (Wildman–Crippen LogP) is 0.134. The zero-order chi connectivity index (χ0) is 14.6. The molecular weight excluding hydrogens is 280 g/mol. The lowest BCUT2D eigenvalue weighted by molar-refractivity contribution is 0.575. The molecule has 0 radical (unpaired) electrons. The summed E-state index contributed by atoms with van der Waals surface area (Å²) in [5.74, 6) is 0. The number of imidazole rings is 1. The Bertz CT molecular complexity index is 732. The molecular formula is C12H18N4O3S. The fourth-order valence-corrected chi connectivity index (χ4v) is 2.96. The molecule has 110 valence electrons. The van der Waals surface area contributed by atoms with Gasteiger partial charge in [0.05, 0.1) is 15.9 Å². The summed E-state index contributed by atoms with van der Waals surface area (Å²) in [6.07, 6.45) is 0.719. The first-order valence-corrected chi connectivity index (χ1v) is 7.93. The molecule has 0 aliphatic carbocycles. The number of benzene rings is 1. The van der Waals surface area contributed by atoms with Crippen molar-refractivity contribution in [2.45, 2.75) is 18.2 Å². The summed E-state index contributed by atoms with van der Waals surface area (Å²) >= 11 is 0. The van der Waals surface area contributed by atoms with E-state index in [0.29, 0.717) is 17.6 Å². The van der Waals surface area contributed by atoms with Crippen LogP contribution in [0.15, 0.2) is 27.9 Å². The Balaban J connectivity index is 2.08. The first-order valence-electron chi connectivity index (χ1n) is 6.45. The highest BCUT2D eigenvalue weighted by Crippen LogP contribution is 2.14. The van der Waals surface area contributed by atoms with Crippen molar-refractivity contribution in [1.29, 1.82) is 0 Å². The van der Waals surface area contributed by atoms with Gasteiger partial charge in [0.1, 0.15) is 0 Å². The number of H-pyrrole nitrogens is 2. The Morgan fingerprint density at radius 2 is 1.90 bits per heavy atom. The van der Waals surface area contributed by atoms with Gasteiger partial charge in [0, 0.05) is 6.54 Å². The van der Waals surface area contributed by atoms with E-state index in [1.807, 2.05) is 6.92 Å². The third-order valence-electron chi connectivity index (χ3n) is 2.87. The van der Waals surface area contributed by atoms with E-state index >= 15 is 0 Å². The number of aromatic amines is 2. The Kier molecular flexibility index (Phi) is 4.58. The van der Waals surface area contributed by atoms with E-state index in [1.165, 1.54) is 12.1 Å². The molecule has 1 heterocycles.